The van der Waals surface area contributed by atoms with Gasteiger partial charge in [-0.1, -0.05) is 0 Å². The molecule has 3 heterocycles. The van der Waals surface area contributed by atoms with E-state index in [2.05, 4.69) is 28.2 Å². The van der Waals surface area contributed by atoms with Gasteiger partial charge in [0.2, 0.25) is 5.95 Å². The second-order valence-electron chi connectivity index (χ2n) is 5.33. The maximum Gasteiger partial charge on any atom is 0.225 e. The molecule has 0 radical (unpaired) electrons. The number of aromatic nitrogens is 4. The van der Waals surface area contributed by atoms with Crippen molar-refractivity contribution in [2.75, 3.05) is 24.7 Å². The summed E-state index contributed by atoms with van der Waals surface area (Å²) in [6, 6.07) is 0. The third-order valence-electron chi connectivity index (χ3n) is 3.80. The quantitative estimate of drug-likeness (QED) is 0.845. The molecule has 0 N–H and O–H groups in total. The SMILES string of the molecule is CCOC[C@@H]1CN(c2ncc(F)cn2)Cc2cn(CC)nc21. The van der Waals surface area contributed by atoms with Gasteiger partial charge in [-0.15, -0.1) is 0 Å². The van der Waals surface area contributed by atoms with Crippen LogP contribution in [0.25, 0.3) is 0 Å². The van der Waals surface area contributed by atoms with Crippen LogP contribution in [0.3, 0.4) is 0 Å². The lowest BCUT2D eigenvalue weighted by molar-refractivity contribution is 0.130. The molecule has 0 amide bonds. The highest BCUT2D eigenvalue weighted by Gasteiger charge is 2.29. The third kappa shape index (κ3) is 2.94. The summed E-state index contributed by atoms with van der Waals surface area (Å²) in [7, 11) is 0. The highest BCUT2D eigenvalue weighted by molar-refractivity contribution is 5.38. The standard InChI is InChI=1S/C15H20FN5O/c1-3-21-9-11-7-20(15-17-5-13(16)6-18-15)8-12(10-22-4-2)14(11)19-21/h5-6,9,12H,3-4,7-8,10H2,1-2H3/t12-/m0/s1. The molecule has 0 bridgehead atoms. The number of rotatable bonds is 5. The van der Waals surface area contributed by atoms with Gasteiger partial charge in [-0.05, 0) is 13.8 Å². The number of halogens is 1. The summed E-state index contributed by atoms with van der Waals surface area (Å²) in [5.74, 6) is 0.286. The van der Waals surface area contributed by atoms with Gasteiger partial charge in [0.1, 0.15) is 0 Å². The number of hydrogen-bond acceptors (Lipinski definition) is 5. The van der Waals surface area contributed by atoms with Crippen LogP contribution in [-0.4, -0.2) is 39.5 Å². The molecule has 2 aromatic rings. The lowest BCUT2D eigenvalue weighted by Gasteiger charge is -2.31. The van der Waals surface area contributed by atoms with E-state index in [4.69, 9.17) is 4.74 Å². The molecule has 0 spiro atoms. The minimum absolute atomic E-state index is 0.171. The topological polar surface area (TPSA) is 56.1 Å². The van der Waals surface area contributed by atoms with Crippen LogP contribution in [0, 0.1) is 5.82 Å². The molecule has 3 rings (SSSR count). The average Bonchev–Trinajstić information content (AvgIpc) is 2.96. The minimum Gasteiger partial charge on any atom is -0.381 e. The first kappa shape index (κ1) is 14.9. The Balaban J connectivity index is 1.87. The lowest BCUT2D eigenvalue weighted by atomic mass is 9.97. The Morgan fingerprint density at radius 3 is 2.77 bits per heavy atom. The predicted octanol–water partition coefficient (Wildman–Crippen LogP) is 1.97. The van der Waals surface area contributed by atoms with Crippen molar-refractivity contribution in [3.05, 3.63) is 35.7 Å². The molecule has 0 aromatic carbocycles. The molecule has 0 saturated heterocycles. The molecular weight excluding hydrogens is 285 g/mol. The number of anilines is 1. The van der Waals surface area contributed by atoms with Crippen LogP contribution in [-0.2, 0) is 17.8 Å². The largest absolute Gasteiger partial charge is 0.381 e. The summed E-state index contributed by atoms with van der Waals surface area (Å²) in [5.41, 5.74) is 2.25. The highest BCUT2D eigenvalue weighted by atomic mass is 19.1. The Hall–Kier alpha value is -2.02. The number of nitrogens with zero attached hydrogens (tertiary/aromatic N) is 5. The highest BCUT2D eigenvalue weighted by Crippen LogP contribution is 2.29. The summed E-state index contributed by atoms with van der Waals surface area (Å²) in [4.78, 5) is 10.2. The maximum atomic E-state index is 13.0. The van der Waals surface area contributed by atoms with E-state index in [1.165, 1.54) is 12.4 Å². The van der Waals surface area contributed by atoms with Crippen LogP contribution in [0.5, 0.6) is 0 Å². The van der Waals surface area contributed by atoms with Gasteiger partial charge >= 0.3 is 0 Å². The first-order valence-electron chi connectivity index (χ1n) is 7.57. The van der Waals surface area contributed by atoms with E-state index < -0.39 is 5.82 Å². The molecule has 1 aliphatic heterocycles. The molecule has 22 heavy (non-hydrogen) atoms. The van der Waals surface area contributed by atoms with Gasteiger partial charge in [0.15, 0.2) is 5.82 Å². The van der Waals surface area contributed by atoms with Crippen LogP contribution in [0.2, 0.25) is 0 Å². The van der Waals surface area contributed by atoms with Crippen LogP contribution >= 0.6 is 0 Å². The lowest BCUT2D eigenvalue weighted by Crippen LogP contribution is -2.36. The molecule has 2 aromatic heterocycles. The fourth-order valence-corrected chi connectivity index (χ4v) is 2.74. The summed E-state index contributed by atoms with van der Waals surface area (Å²) in [6.07, 6.45) is 4.46. The van der Waals surface area contributed by atoms with Gasteiger partial charge in [0.05, 0.1) is 24.7 Å². The fourth-order valence-electron chi connectivity index (χ4n) is 2.74. The van der Waals surface area contributed by atoms with Crippen LogP contribution in [0.4, 0.5) is 10.3 Å². The molecule has 0 unspecified atom stereocenters. The molecule has 7 heteroatoms. The second-order valence-corrected chi connectivity index (χ2v) is 5.33. The molecule has 6 nitrogen and oxygen atoms in total. The Morgan fingerprint density at radius 1 is 1.32 bits per heavy atom. The zero-order chi connectivity index (χ0) is 15.5. The third-order valence-corrected chi connectivity index (χ3v) is 3.80. The smallest absolute Gasteiger partial charge is 0.225 e. The zero-order valence-corrected chi connectivity index (χ0v) is 12.9. The fraction of sp³-hybridized carbons (Fsp3) is 0.533. The van der Waals surface area contributed by atoms with E-state index in [-0.39, 0.29) is 5.92 Å². The van der Waals surface area contributed by atoms with E-state index in [1.807, 2.05) is 16.5 Å². The number of ether oxygens (including phenoxy) is 1. The molecule has 0 fully saturated rings. The van der Waals surface area contributed by atoms with E-state index in [0.717, 1.165) is 24.3 Å². The van der Waals surface area contributed by atoms with Crippen molar-refractivity contribution in [3.8, 4) is 0 Å². The van der Waals surface area contributed by atoms with Crippen LogP contribution < -0.4 is 4.90 Å². The summed E-state index contributed by atoms with van der Waals surface area (Å²) in [6.45, 7) is 7.58. The molecule has 1 atom stereocenters. The molecule has 118 valence electrons. The van der Waals surface area contributed by atoms with Crippen LogP contribution in [0.1, 0.15) is 31.0 Å². The van der Waals surface area contributed by atoms with Crippen molar-refractivity contribution in [2.45, 2.75) is 32.9 Å². The van der Waals surface area contributed by atoms with E-state index in [9.17, 15) is 4.39 Å². The normalized spacial score (nSPS) is 17.6. The second kappa shape index (κ2) is 6.39. The Morgan fingerprint density at radius 2 is 2.09 bits per heavy atom. The van der Waals surface area contributed by atoms with Crippen molar-refractivity contribution in [2.24, 2.45) is 0 Å². The van der Waals surface area contributed by atoms with Gasteiger partial charge < -0.3 is 9.64 Å². The van der Waals surface area contributed by atoms with Gasteiger partial charge in [-0.2, -0.15) is 5.10 Å². The maximum absolute atomic E-state index is 13.0. The molecular formula is C15H20FN5O. The summed E-state index contributed by atoms with van der Waals surface area (Å²) < 4.78 is 20.6. The number of hydrogen-bond donors (Lipinski definition) is 0. The van der Waals surface area contributed by atoms with Gasteiger partial charge in [0, 0.05) is 43.9 Å². The minimum atomic E-state index is -0.425. The van der Waals surface area contributed by atoms with Crippen molar-refractivity contribution in [1.29, 1.82) is 0 Å². The van der Waals surface area contributed by atoms with E-state index in [1.54, 1.807) is 0 Å². The number of aryl methyl sites for hydroxylation is 1. The van der Waals surface area contributed by atoms with Gasteiger partial charge in [-0.3, -0.25) is 4.68 Å². The average molecular weight is 305 g/mol. The Labute approximate surface area is 128 Å². The number of fused-ring (bicyclic) bond motifs is 1. The Kier molecular flexibility index (Phi) is 4.33. The molecule has 0 saturated carbocycles. The molecule has 1 aliphatic rings. The summed E-state index contributed by atoms with van der Waals surface area (Å²) >= 11 is 0. The van der Waals surface area contributed by atoms with Gasteiger partial charge in [0.25, 0.3) is 0 Å². The summed E-state index contributed by atoms with van der Waals surface area (Å²) in [5, 5.41) is 4.66. The van der Waals surface area contributed by atoms with Gasteiger partial charge in [-0.25, -0.2) is 14.4 Å². The van der Waals surface area contributed by atoms with Crippen molar-refractivity contribution in [3.63, 3.8) is 0 Å². The first-order valence-corrected chi connectivity index (χ1v) is 7.57. The van der Waals surface area contributed by atoms with Crippen molar-refractivity contribution < 1.29 is 9.13 Å². The molecule has 0 aliphatic carbocycles. The van der Waals surface area contributed by atoms with Crippen molar-refractivity contribution >= 4 is 5.95 Å². The predicted molar refractivity (Wildman–Crippen MR) is 80.2 cm³/mol. The van der Waals surface area contributed by atoms with E-state index in [0.29, 0.717) is 25.7 Å². The first-order chi connectivity index (χ1) is 10.7. The zero-order valence-electron chi connectivity index (χ0n) is 12.9. The van der Waals surface area contributed by atoms with Crippen molar-refractivity contribution in [1.82, 2.24) is 19.7 Å². The van der Waals surface area contributed by atoms with E-state index >= 15 is 0 Å². The monoisotopic (exact) mass is 305 g/mol. The Bertz CT molecular complexity index is 627. The van der Waals surface area contributed by atoms with Crippen LogP contribution in [0.15, 0.2) is 18.6 Å².